The first-order valence-corrected chi connectivity index (χ1v) is 4.25. The monoisotopic (exact) mass is 204 g/mol. The molecule has 82 valence electrons. The molecule has 0 heterocycles. The minimum atomic E-state index is -0.983. The van der Waals surface area contributed by atoms with Crippen molar-refractivity contribution in [3.05, 3.63) is 0 Å². The molecule has 0 radical (unpaired) electrons. The number of urea groups is 1. The fraction of sp³-hybridized carbons (Fsp3) is 0.750. The first kappa shape index (κ1) is 12.7. The quantitative estimate of drug-likeness (QED) is 0.554. The fourth-order valence-electron chi connectivity index (χ4n) is 0.838. The number of carbonyl (C=O) groups is 2. The Morgan fingerprint density at radius 3 is 2.36 bits per heavy atom. The van der Waals surface area contributed by atoms with E-state index in [0.29, 0.717) is 0 Å². The number of aliphatic hydroxyl groups excluding tert-OH is 1. The van der Waals surface area contributed by atoms with Crippen LogP contribution in [0.5, 0.6) is 0 Å². The van der Waals surface area contributed by atoms with E-state index in [2.05, 4.69) is 5.32 Å². The zero-order chi connectivity index (χ0) is 11.1. The largest absolute Gasteiger partial charge is 0.481 e. The minimum absolute atomic E-state index is 0.149. The Hall–Kier alpha value is -1.30. The third-order valence-corrected chi connectivity index (χ3v) is 1.67. The summed E-state index contributed by atoms with van der Waals surface area (Å²) < 4.78 is 0. The van der Waals surface area contributed by atoms with Gasteiger partial charge in [0.2, 0.25) is 0 Å². The van der Waals surface area contributed by atoms with Crippen LogP contribution in [-0.4, -0.2) is 54.4 Å². The predicted molar refractivity (Wildman–Crippen MR) is 49.9 cm³/mol. The van der Waals surface area contributed by atoms with Gasteiger partial charge in [0.05, 0.1) is 6.42 Å². The summed E-state index contributed by atoms with van der Waals surface area (Å²) in [5.74, 6) is -1.42. The molecule has 2 amide bonds. The number of amides is 2. The topological polar surface area (TPSA) is 89.9 Å². The standard InChI is InChI=1S/C8H16N2O4/c1-10(2)8(14)9-4-6(5-11)3-7(12)13/h6,11H,3-5H2,1-2H3,(H,9,14)(H,12,13). The van der Waals surface area contributed by atoms with Gasteiger partial charge in [0.15, 0.2) is 0 Å². The van der Waals surface area contributed by atoms with E-state index < -0.39 is 11.9 Å². The lowest BCUT2D eigenvalue weighted by Gasteiger charge is -2.16. The zero-order valence-corrected chi connectivity index (χ0v) is 8.36. The lowest BCUT2D eigenvalue weighted by molar-refractivity contribution is -0.138. The van der Waals surface area contributed by atoms with Crippen LogP contribution in [0.2, 0.25) is 0 Å². The van der Waals surface area contributed by atoms with Crippen molar-refractivity contribution in [1.29, 1.82) is 0 Å². The average Bonchev–Trinajstić information content (AvgIpc) is 2.10. The Balaban J connectivity index is 3.83. The first-order chi connectivity index (χ1) is 6.47. The number of rotatable bonds is 5. The molecule has 0 saturated carbocycles. The maximum absolute atomic E-state index is 11.0. The highest BCUT2D eigenvalue weighted by Crippen LogP contribution is 2.00. The summed E-state index contributed by atoms with van der Waals surface area (Å²) in [6, 6.07) is -0.297. The van der Waals surface area contributed by atoms with Crippen LogP contribution >= 0.6 is 0 Å². The van der Waals surface area contributed by atoms with Crippen molar-refractivity contribution in [2.45, 2.75) is 6.42 Å². The predicted octanol–water partition coefficient (Wildman–Crippen LogP) is -0.659. The van der Waals surface area contributed by atoms with Gasteiger partial charge >= 0.3 is 12.0 Å². The molecule has 0 aromatic heterocycles. The summed E-state index contributed by atoms with van der Waals surface area (Å²) in [4.78, 5) is 22.7. The summed E-state index contributed by atoms with van der Waals surface area (Å²) in [7, 11) is 3.17. The number of aliphatic hydroxyl groups is 1. The van der Waals surface area contributed by atoms with Crippen molar-refractivity contribution in [1.82, 2.24) is 10.2 Å². The van der Waals surface area contributed by atoms with Crippen molar-refractivity contribution in [2.24, 2.45) is 5.92 Å². The van der Waals surface area contributed by atoms with Crippen molar-refractivity contribution in [3.8, 4) is 0 Å². The van der Waals surface area contributed by atoms with Gasteiger partial charge in [-0.25, -0.2) is 4.79 Å². The molecule has 0 aliphatic rings. The molecule has 0 aromatic rings. The number of carboxylic acid groups (broad SMARTS) is 1. The summed E-state index contributed by atoms with van der Waals surface area (Å²) in [5, 5.41) is 19.8. The molecule has 0 aromatic carbocycles. The number of carboxylic acids is 1. The van der Waals surface area contributed by atoms with Crippen molar-refractivity contribution < 1.29 is 19.8 Å². The second kappa shape index (κ2) is 6.20. The van der Waals surface area contributed by atoms with Gasteiger partial charge in [0.1, 0.15) is 0 Å². The molecule has 0 bridgehead atoms. The summed E-state index contributed by atoms with van der Waals surface area (Å²) >= 11 is 0. The Kier molecular flexibility index (Phi) is 5.62. The Morgan fingerprint density at radius 2 is 2.00 bits per heavy atom. The molecule has 1 unspecified atom stereocenters. The fourth-order valence-corrected chi connectivity index (χ4v) is 0.838. The minimum Gasteiger partial charge on any atom is -0.481 e. The van der Waals surface area contributed by atoms with Crippen LogP contribution in [-0.2, 0) is 4.79 Å². The molecular weight excluding hydrogens is 188 g/mol. The van der Waals surface area contributed by atoms with Gasteiger partial charge in [-0.15, -0.1) is 0 Å². The molecule has 3 N–H and O–H groups in total. The lowest BCUT2D eigenvalue weighted by atomic mass is 10.1. The van der Waals surface area contributed by atoms with E-state index in [1.807, 2.05) is 0 Å². The van der Waals surface area contributed by atoms with Crippen molar-refractivity contribution in [2.75, 3.05) is 27.2 Å². The average molecular weight is 204 g/mol. The van der Waals surface area contributed by atoms with Crippen LogP contribution in [0, 0.1) is 5.92 Å². The third kappa shape index (κ3) is 5.36. The third-order valence-electron chi connectivity index (χ3n) is 1.67. The van der Waals surface area contributed by atoms with E-state index in [4.69, 9.17) is 10.2 Å². The molecule has 0 aliphatic carbocycles. The van der Waals surface area contributed by atoms with E-state index in [1.54, 1.807) is 14.1 Å². The number of carbonyl (C=O) groups excluding carboxylic acids is 1. The molecule has 0 aliphatic heterocycles. The van der Waals surface area contributed by atoms with E-state index in [9.17, 15) is 9.59 Å². The maximum Gasteiger partial charge on any atom is 0.316 e. The second-order valence-electron chi connectivity index (χ2n) is 3.23. The number of nitrogens with zero attached hydrogens (tertiary/aromatic N) is 1. The number of hydrogen-bond donors (Lipinski definition) is 3. The molecule has 0 fully saturated rings. The first-order valence-electron chi connectivity index (χ1n) is 4.25. The number of hydrogen-bond acceptors (Lipinski definition) is 3. The Bertz CT molecular complexity index is 206. The van der Waals surface area contributed by atoms with Gasteiger partial charge in [-0.1, -0.05) is 0 Å². The van der Waals surface area contributed by atoms with Crippen molar-refractivity contribution in [3.63, 3.8) is 0 Å². The van der Waals surface area contributed by atoms with Gasteiger partial charge in [0, 0.05) is 33.2 Å². The Morgan fingerprint density at radius 1 is 1.43 bits per heavy atom. The van der Waals surface area contributed by atoms with Crippen LogP contribution < -0.4 is 5.32 Å². The van der Waals surface area contributed by atoms with Gasteiger partial charge in [0.25, 0.3) is 0 Å². The van der Waals surface area contributed by atoms with E-state index in [1.165, 1.54) is 4.90 Å². The molecule has 1 atom stereocenters. The number of nitrogens with one attached hydrogen (secondary N) is 1. The highest BCUT2D eigenvalue weighted by Gasteiger charge is 2.13. The molecule has 0 rings (SSSR count). The highest BCUT2D eigenvalue weighted by molar-refractivity contribution is 5.73. The molecule has 14 heavy (non-hydrogen) atoms. The lowest BCUT2D eigenvalue weighted by Crippen LogP contribution is -2.38. The molecular formula is C8H16N2O4. The second-order valence-corrected chi connectivity index (χ2v) is 3.23. The van der Waals surface area contributed by atoms with E-state index in [0.717, 1.165) is 0 Å². The van der Waals surface area contributed by atoms with E-state index in [-0.39, 0.29) is 25.6 Å². The van der Waals surface area contributed by atoms with Gasteiger partial charge in [-0.3, -0.25) is 4.79 Å². The van der Waals surface area contributed by atoms with Gasteiger partial charge in [-0.05, 0) is 0 Å². The number of aliphatic carboxylic acids is 1. The maximum atomic E-state index is 11.0. The van der Waals surface area contributed by atoms with E-state index >= 15 is 0 Å². The van der Waals surface area contributed by atoms with Gasteiger partial charge in [-0.2, -0.15) is 0 Å². The van der Waals surface area contributed by atoms with Crippen LogP contribution in [0.3, 0.4) is 0 Å². The summed E-state index contributed by atoms with van der Waals surface area (Å²) in [5.41, 5.74) is 0. The zero-order valence-electron chi connectivity index (χ0n) is 8.36. The smallest absolute Gasteiger partial charge is 0.316 e. The molecule has 6 nitrogen and oxygen atoms in total. The Labute approximate surface area is 82.5 Å². The molecule has 6 heteroatoms. The van der Waals surface area contributed by atoms with Crippen LogP contribution in [0.25, 0.3) is 0 Å². The van der Waals surface area contributed by atoms with Crippen LogP contribution in [0.4, 0.5) is 4.79 Å². The normalized spacial score (nSPS) is 11.9. The van der Waals surface area contributed by atoms with Crippen molar-refractivity contribution >= 4 is 12.0 Å². The SMILES string of the molecule is CN(C)C(=O)NCC(CO)CC(=O)O. The molecule has 0 spiro atoms. The summed E-state index contributed by atoms with van der Waals surface area (Å²) in [6.07, 6.45) is -0.149. The molecule has 0 saturated heterocycles. The van der Waals surface area contributed by atoms with Gasteiger partial charge < -0.3 is 20.4 Å². The van der Waals surface area contributed by atoms with Crippen LogP contribution in [0.1, 0.15) is 6.42 Å². The van der Waals surface area contributed by atoms with Crippen LogP contribution in [0.15, 0.2) is 0 Å². The highest BCUT2D eigenvalue weighted by atomic mass is 16.4. The summed E-state index contributed by atoms with van der Waals surface area (Å²) in [6.45, 7) is -0.0835.